The lowest BCUT2D eigenvalue weighted by atomic mass is 10.0. The van der Waals surface area contributed by atoms with Gasteiger partial charge in [-0.2, -0.15) is 0 Å². The molecule has 0 bridgehead atoms. The standard InChI is InChI=1S/C17H18N2OS/c1-2-15(16(18)21)17(20)19-14-10-8-13(9-11-14)12-6-4-3-5-7-12/h3-11,15H,2H2,1H3,(H2,18,21)(H,19,20). The second-order valence-corrected chi connectivity index (χ2v) is 5.27. The summed E-state index contributed by atoms with van der Waals surface area (Å²) in [6, 6.07) is 17.8. The Labute approximate surface area is 130 Å². The molecule has 1 atom stereocenters. The van der Waals surface area contributed by atoms with E-state index in [0.29, 0.717) is 6.42 Å². The molecule has 4 heteroatoms. The molecule has 0 aliphatic carbocycles. The molecule has 2 aromatic carbocycles. The summed E-state index contributed by atoms with van der Waals surface area (Å²) in [6.45, 7) is 1.89. The van der Waals surface area contributed by atoms with Gasteiger partial charge in [-0.25, -0.2) is 0 Å². The van der Waals surface area contributed by atoms with Gasteiger partial charge in [0.15, 0.2) is 0 Å². The molecule has 0 aliphatic rings. The Hall–Kier alpha value is -2.20. The molecule has 0 radical (unpaired) electrons. The van der Waals surface area contributed by atoms with E-state index in [1.165, 1.54) is 0 Å². The zero-order chi connectivity index (χ0) is 15.2. The summed E-state index contributed by atoms with van der Waals surface area (Å²) in [5.74, 6) is -0.578. The maximum Gasteiger partial charge on any atom is 0.234 e. The first kappa shape index (κ1) is 15.2. The van der Waals surface area contributed by atoms with Crippen molar-refractivity contribution < 1.29 is 4.79 Å². The second kappa shape index (κ2) is 6.99. The first-order valence-electron chi connectivity index (χ1n) is 6.87. The van der Waals surface area contributed by atoms with Crippen LogP contribution >= 0.6 is 12.2 Å². The molecule has 0 saturated heterocycles. The number of carbonyl (C=O) groups excluding carboxylic acids is 1. The molecule has 2 rings (SSSR count). The first-order chi connectivity index (χ1) is 10.1. The highest BCUT2D eigenvalue weighted by Gasteiger charge is 2.19. The molecule has 21 heavy (non-hydrogen) atoms. The maximum atomic E-state index is 12.1. The van der Waals surface area contributed by atoms with Crippen LogP contribution in [0.1, 0.15) is 13.3 Å². The number of rotatable bonds is 5. The van der Waals surface area contributed by atoms with E-state index < -0.39 is 5.92 Å². The van der Waals surface area contributed by atoms with E-state index in [2.05, 4.69) is 5.32 Å². The van der Waals surface area contributed by atoms with Gasteiger partial charge in [-0.1, -0.05) is 61.6 Å². The van der Waals surface area contributed by atoms with Crippen molar-refractivity contribution in [3.63, 3.8) is 0 Å². The Bertz CT molecular complexity index is 623. The molecule has 3 N–H and O–H groups in total. The minimum Gasteiger partial charge on any atom is -0.393 e. The van der Waals surface area contributed by atoms with Gasteiger partial charge in [0.05, 0.1) is 10.9 Å². The number of hydrogen-bond acceptors (Lipinski definition) is 2. The SMILES string of the molecule is CCC(C(=O)Nc1ccc(-c2ccccc2)cc1)C(N)=S. The summed E-state index contributed by atoms with van der Waals surface area (Å²) in [5.41, 5.74) is 8.57. The number of anilines is 1. The van der Waals surface area contributed by atoms with Crippen molar-refractivity contribution in [2.75, 3.05) is 5.32 Å². The van der Waals surface area contributed by atoms with Crippen LogP contribution in [0.25, 0.3) is 11.1 Å². The fraction of sp³-hybridized carbons (Fsp3) is 0.176. The lowest BCUT2D eigenvalue weighted by molar-refractivity contribution is -0.118. The molecule has 0 heterocycles. The third kappa shape index (κ3) is 3.89. The zero-order valence-electron chi connectivity index (χ0n) is 11.9. The molecule has 0 saturated carbocycles. The highest BCUT2D eigenvalue weighted by Crippen LogP contribution is 2.21. The van der Waals surface area contributed by atoms with E-state index in [9.17, 15) is 4.79 Å². The summed E-state index contributed by atoms with van der Waals surface area (Å²) in [6.07, 6.45) is 0.600. The summed E-state index contributed by atoms with van der Waals surface area (Å²) in [7, 11) is 0. The molecular weight excluding hydrogens is 280 g/mol. The van der Waals surface area contributed by atoms with Crippen LogP contribution in [0.15, 0.2) is 54.6 Å². The largest absolute Gasteiger partial charge is 0.393 e. The molecule has 108 valence electrons. The fourth-order valence-electron chi connectivity index (χ4n) is 2.12. The van der Waals surface area contributed by atoms with Crippen molar-refractivity contribution in [3.8, 4) is 11.1 Å². The topological polar surface area (TPSA) is 55.1 Å². The molecule has 0 spiro atoms. The van der Waals surface area contributed by atoms with E-state index >= 15 is 0 Å². The predicted octanol–water partition coefficient (Wildman–Crippen LogP) is 3.60. The van der Waals surface area contributed by atoms with Gasteiger partial charge in [-0.15, -0.1) is 0 Å². The van der Waals surface area contributed by atoms with Crippen molar-refractivity contribution in [3.05, 3.63) is 54.6 Å². The number of benzene rings is 2. The van der Waals surface area contributed by atoms with Gasteiger partial charge in [0.2, 0.25) is 5.91 Å². The maximum absolute atomic E-state index is 12.1. The Balaban J connectivity index is 2.10. The Morgan fingerprint density at radius 3 is 2.19 bits per heavy atom. The van der Waals surface area contributed by atoms with Gasteiger partial charge >= 0.3 is 0 Å². The molecule has 3 nitrogen and oxygen atoms in total. The van der Waals surface area contributed by atoms with Gasteiger partial charge in [0.25, 0.3) is 0 Å². The number of nitrogens with two attached hydrogens (primary N) is 1. The van der Waals surface area contributed by atoms with Crippen molar-refractivity contribution in [1.82, 2.24) is 0 Å². The van der Waals surface area contributed by atoms with Crippen LogP contribution in [0.5, 0.6) is 0 Å². The van der Waals surface area contributed by atoms with Crippen LogP contribution in [0.2, 0.25) is 0 Å². The zero-order valence-corrected chi connectivity index (χ0v) is 12.7. The van der Waals surface area contributed by atoms with Crippen LogP contribution < -0.4 is 11.1 Å². The number of amides is 1. The third-order valence-electron chi connectivity index (χ3n) is 3.33. The van der Waals surface area contributed by atoms with Gasteiger partial charge in [0.1, 0.15) is 0 Å². The highest BCUT2D eigenvalue weighted by molar-refractivity contribution is 7.80. The molecule has 0 fully saturated rings. The average molecular weight is 298 g/mol. The van der Waals surface area contributed by atoms with Crippen LogP contribution in [-0.4, -0.2) is 10.9 Å². The normalized spacial score (nSPS) is 11.7. The third-order valence-corrected chi connectivity index (χ3v) is 3.61. The lowest BCUT2D eigenvalue weighted by Gasteiger charge is -2.13. The lowest BCUT2D eigenvalue weighted by Crippen LogP contribution is -2.32. The van der Waals surface area contributed by atoms with E-state index in [1.807, 2.05) is 61.5 Å². The monoisotopic (exact) mass is 298 g/mol. The predicted molar refractivity (Wildman–Crippen MR) is 91.1 cm³/mol. The Kier molecular flexibility index (Phi) is 5.06. The smallest absolute Gasteiger partial charge is 0.234 e. The van der Waals surface area contributed by atoms with Crippen LogP contribution in [-0.2, 0) is 4.79 Å². The molecule has 1 unspecified atom stereocenters. The molecule has 2 aromatic rings. The second-order valence-electron chi connectivity index (χ2n) is 4.80. The van der Waals surface area contributed by atoms with Gasteiger partial charge in [0, 0.05) is 5.69 Å². The van der Waals surface area contributed by atoms with Gasteiger partial charge in [-0.3, -0.25) is 4.79 Å². The minimum absolute atomic E-state index is 0.155. The summed E-state index contributed by atoms with van der Waals surface area (Å²) < 4.78 is 0. The number of hydrogen-bond donors (Lipinski definition) is 2. The highest BCUT2D eigenvalue weighted by atomic mass is 32.1. The summed E-state index contributed by atoms with van der Waals surface area (Å²) in [5, 5.41) is 2.85. The molecule has 0 aliphatic heterocycles. The first-order valence-corrected chi connectivity index (χ1v) is 7.28. The quantitative estimate of drug-likeness (QED) is 0.829. The van der Waals surface area contributed by atoms with Crippen LogP contribution in [0, 0.1) is 5.92 Å². The minimum atomic E-state index is -0.422. The average Bonchev–Trinajstić information content (AvgIpc) is 2.49. The Morgan fingerprint density at radius 2 is 1.67 bits per heavy atom. The molecule has 0 aromatic heterocycles. The van der Waals surface area contributed by atoms with Crippen molar-refractivity contribution in [2.45, 2.75) is 13.3 Å². The van der Waals surface area contributed by atoms with Gasteiger partial charge in [-0.05, 0) is 29.7 Å². The number of carbonyl (C=O) groups is 1. The van der Waals surface area contributed by atoms with Crippen molar-refractivity contribution in [1.29, 1.82) is 0 Å². The summed E-state index contributed by atoms with van der Waals surface area (Å²) in [4.78, 5) is 12.3. The molecule has 1 amide bonds. The van der Waals surface area contributed by atoms with E-state index in [-0.39, 0.29) is 10.9 Å². The van der Waals surface area contributed by atoms with E-state index in [0.717, 1.165) is 16.8 Å². The van der Waals surface area contributed by atoms with E-state index in [1.54, 1.807) is 0 Å². The van der Waals surface area contributed by atoms with Crippen molar-refractivity contribution >= 4 is 28.8 Å². The fourth-order valence-corrected chi connectivity index (χ4v) is 2.40. The number of nitrogens with one attached hydrogen (secondary N) is 1. The van der Waals surface area contributed by atoms with Gasteiger partial charge < -0.3 is 11.1 Å². The van der Waals surface area contributed by atoms with E-state index in [4.69, 9.17) is 18.0 Å². The van der Waals surface area contributed by atoms with Crippen molar-refractivity contribution in [2.24, 2.45) is 11.7 Å². The van der Waals surface area contributed by atoms with Crippen LogP contribution in [0.3, 0.4) is 0 Å². The Morgan fingerprint density at radius 1 is 1.10 bits per heavy atom. The van der Waals surface area contributed by atoms with Crippen LogP contribution in [0.4, 0.5) is 5.69 Å². The summed E-state index contributed by atoms with van der Waals surface area (Å²) >= 11 is 4.91. The molecular formula is C17H18N2OS. The number of thiocarbonyl (C=S) groups is 1.